The molecule has 18 heavy (non-hydrogen) atoms. The molecule has 1 amide bonds. The summed E-state index contributed by atoms with van der Waals surface area (Å²) in [5.41, 5.74) is 5.57. The topological polar surface area (TPSA) is 81.8 Å². The highest BCUT2D eigenvalue weighted by Crippen LogP contribution is 2.38. The predicted octanol–water partition coefficient (Wildman–Crippen LogP) is 2.69. The second kappa shape index (κ2) is 8.59. The molecule has 6 heteroatoms. The summed E-state index contributed by atoms with van der Waals surface area (Å²) in [6.07, 6.45) is 0.516. The number of carbonyl (C=O) groups is 1. The SMILES string of the molecule is CC.COc1cc(CPC(N)=O)cc(OC)c1O. The molecule has 1 aromatic carbocycles. The van der Waals surface area contributed by atoms with Gasteiger partial charge in [0.15, 0.2) is 11.5 Å². The van der Waals surface area contributed by atoms with Crippen molar-refractivity contribution in [3.05, 3.63) is 17.7 Å². The highest BCUT2D eigenvalue weighted by molar-refractivity contribution is 7.56. The molecule has 0 aliphatic rings. The smallest absolute Gasteiger partial charge is 0.235 e. The first-order valence-corrected chi connectivity index (χ1v) is 6.76. The number of amides is 1. The summed E-state index contributed by atoms with van der Waals surface area (Å²) in [6.45, 7) is 4.00. The fraction of sp³-hybridized carbons (Fsp3) is 0.417. The van der Waals surface area contributed by atoms with Crippen molar-refractivity contribution in [2.45, 2.75) is 20.0 Å². The third kappa shape index (κ3) is 4.80. The van der Waals surface area contributed by atoms with Crippen molar-refractivity contribution in [2.75, 3.05) is 14.2 Å². The molecule has 0 aliphatic heterocycles. The average molecular weight is 273 g/mol. The molecule has 0 fully saturated rings. The van der Waals surface area contributed by atoms with E-state index in [1.54, 1.807) is 12.1 Å². The predicted molar refractivity (Wildman–Crippen MR) is 74.2 cm³/mol. The van der Waals surface area contributed by atoms with Crippen LogP contribution in [0.2, 0.25) is 0 Å². The van der Waals surface area contributed by atoms with Crippen LogP contribution in [0, 0.1) is 0 Å². The van der Waals surface area contributed by atoms with E-state index in [2.05, 4.69) is 0 Å². The Morgan fingerprint density at radius 1 is 1.28 bits per heavy atom. The summed E-state index contributed by atoms with van der Waals surface area (Å²) >= 11 is 0. The van der Waals surface area contributed by atoms with Gasteiger partial charge >= 0.3 is 0 Å². The van der Waals surface area contributed by atoms with Crippen molar-refractivity contribution in [2.24, 2.45) is 5.73 Å². The van der Waals surface area contributed by atoms with Gasteiger partial charge in [0.2, 0.25) is 11.4 Å². The van der Waals surface area contributed by atoms with Crippen LogP contribution in [0.3, 0.4) is 0 Å². The van der Waals surface area contributed by atoms with E-state index in [-0.39, 0.29) is 20.0 Å². The van der Waals surface area contributed by atoms with Crippen LogP contribution in [0.5, 0.6) is 17.2 Å². The lowest BCUT2D eigenvalue weighted by Gasteiger charge is -2.10. The van der Waals surface area contributed by atoms with Crippen molar-refractivity contribution in [3.63, 3.8) is 0 Å². The lowest BCUT2D eigenvalue weighted by molar-refractivity contribution is 0.267. The minimum atomic E-state index is -0.342. The van der Waals surface area contributed by atoms with E-state index in [0.29, 0.717) is 17.7 Å². The standard InChI is InChI=1S/C10H14NO4P.C2H6/c1-14-7-3-6(5-16-10(11)13)4-8(15-2)9(7)12;1-2/h3-4,12,16H,5H2,1-2H3,(H2,11,13);1-2H3. The van der Waals surface area contributed by atoms with E-state index in [9.17, 15) is 9.90 Å². The zero-order valence-corrected chi connectivity index (χ0v) is 12.1. The van der Waals surface area contributed by atoms with Gasteiger partial charge in [-0.25, -0.2) is 0 Å². The first kappa shape index (κ1) is 16.5. The van der Waals surface area contributed by atoms with Gasteiger partial charge in [0.05, 0.1) is 14.2 Å². The lowest BCUT2D eigenvalue weighted by atomic mass is 10.2. The molecule has 3 N–H and O–H groups in total. The highest BCUT2D eigenvalue weighted by atomic mass is 31.1. The number of primary amides is 1. The molecule has 0 aromatic heterocycles. The second-order valence-corrected chi connectivity index (χ2v) is 4.27. The van der Waals surface area contributed by atoms with Crippen LogP contribution in [-0.4, -0.2) is 25.0 Å². The van der Waals surface area contributed by atoms with Gasteiger partial charge in [-0.05, 0) is 32.4 Å². The number of phenols is 1. The quantitative estimate of drug-likeness (QED) is 0.808. The van der Waals surface area contributed by atoms with E-state index >= 15 is 0 Å². The minimum absolute atomic E-state index is 0.00456. The van der Waals surface area contributed by atoms with Crippen LogP contribution in [0.1, 0.15) is 19.4 Å². The largest absolute Gasteiger partial charge is 0.502 e. The maximum atomic E-state index is 10.7. The fourth-order valence-corrected chi connectivity index (χ4v) is 1.82. The van der Waals surface area contributed by atoms with Crippen LogP contribution >= 0.6 is 8.58 Å². The maximum absolute atomic E-state index is 10.7. The number of ether oxygens (including phenoxy) is 2. The third-order valence-electron chi connectivity index (χ3n) is 2.01. The molecular formula is C12H20NO4P. The van der Waals surface area contributed by atoms with Crippen molar-refractivity contribution in [1.82, 2.24) is 0 Å². The Bertz CT molecular complexity index is 371. The van der Waals surface area contributed by atoms with E-state index in [4.69, 9.17) is 15.2 Å². The molecule has 1 aromatic rings. The molecule has 0 radical (unpaired) electrons. The zero-order valence-electron chi connectivity index (χ0n) is 11.1. The maximum Gasteiger partial charge on any atom is 0.235 e. The van der Waals surface area contributed by atoms with Crippen molar-refractivity contribution < 1.29 is 19.4 Å². The number of benzene rings is 1. The van der Waals surface area contributed by atoms with E-state index in [1.807, 2.05) is 13.8 Å². The summed E-state index contributed by atoms with van der Waals surface area (Å²) in [6, 6.07) is 3.32. The average Bonchev–Trinajstić information content (AvgIpc) is 2.39. The van der Waals surface area contributed by atoms with Crippen LogP contribution < -0.4 is 15.2 Å². The summed E-state index contributed by atoms with van der Waals surface area (Å²) in [5.74, 6) is 0.600. The summed E-state index contributed by atoms with van der Waals surface area (Å²) in [4.78, 5) is 10.7. The van der Waals surface area contributed by atoms with Crippen molar-refractivity contribution in [3.8, 4) is 17.2 Å². The number of rotatable bonds is 5. The van der Waals surface area contributed by atoms with E-state index in [0.717, 1.165) is 5.56 Å². The van der Waals surface area contributed by atoms with Gasteiger partial charge in [0.25, 0.3) is 0 Å². The molecule has 0 bridgehead atoms. The Morgan fingerprint density at radius 3 is 2.06 bits per heavy atom. The Hall–Kier alpha value is -1.48. The van der Waals surface area contributed by atoms with Crippen LogP contribution in [0.4, 0.5) is 4.79 Å². The summed E-state index contributed by atoms with van der Waals surface area (Å²) < 4.78 is 9.98. The Kier molecular flexibility index (Phi) is 7.88. The number of carbonyl (C=O) groups excluding carboxylic acids is 1. The third-order valence-corrected chi connectivity index (χ3v) is 2.94. The monoisotopic (exact) mass is 273 g/mol. The molecule has 0 spiro atoms. The van der Waals surface area contributed by atoms with Gasteiger partial charge < -0.3 is 20.3 Å². The fourth-order valence-electron chi connectivity index (χ4n) is 1.24. The number of methoxy groups -OCH3 is 2. The summed E-state index contributed by atoms with van der Waals surface area (Å²) in [7, 11) is 2.91. The number of aromatic hydroxyl groups is 1. The number of hydrogen-bond donors (Lipinski definition) is 2. The zero-order chi connectivity index (χ0) is 14.1. The minimum Gasteiger partial charge on any atom is -0.502 e. The van der Waals surface area contributed by atoms with Gasteiger partial charge in [0.1, 0.15) is 0 Å². The molecule has 1 rings (SSSR count). The molecular weight excluding hydrogens is 253 g/mol. The van der Waals surface area contributed by atoms with E-state index in [1.165, 1.54) is 14.2 Å². The van der Waals surface area contributed by atoms with Crippen molar-refractivity contribution >= 4 is 14.2 Å². The second-order valence-electron chi connectivity index (χ2n) is 3.07. The Balaban J connectivity index is 0.00000137. The Morgan fingerprint density at radius 2 is 1.72 bits per heavy atom. The molecule has 1 atom stereocenters. The van der Waals surface area contributed by atoms with Gasteiger partial charge in [0, 0.05) is 0 Å². The van der Waals surface area contributed by atoms with Gasteiger partial charge in [-0.15, -0.1) is 0 Å². The molecule has 0 saturated carbocycles. The number of hydrogen-bond acceptors (Lipinski definition) is 4. The van der Waals surface area contributed by atoms with Gasteiger partial charge in [-0.2, -0.15) is 0 Å². The number of nitrogens with two attached hydrogens (primary N) is 1. The molecule has 0 aliphatic carbocycles. The molecule has 5 nitrogen and oxygen atoms in total. The van der Waals surface area contributed by atoms with Gasteiger partial charge in [-0.1, -0.05) is 13.8 Å². The molecule has 1 unspecified atom stereocenters. The number of phenolic OH excluding ortho intramolecular Hbond substituents is 1. The van der Waals surface area contributed by atoms with E-state index < -0.39 is 0 Å². The molecule has 102 valence electrons. The van der Waals surface area contributed by atoms with Crippen LogP contribution in [0.25, 0.3) is 0 Å². The lowest BCUT2D eigenvalue weighted by Crippen LogP contribution is -2.00. The highest BCUT2D eigenvalue weighted by Gasteiger charge is 2.11. The van der Waals surface area contributed by atoms with Crippen LogP contribution in [-0.2, 0) is 6.16 Å². The van der Waals surface area contributed by atoms with Crippen LogP contribution in [0.15, 0.2) is 12.1 Å². The first-order chi connectivity index (χ1) is 8.58. The summed E-state index contributed by atoms with van der Waals surface area (Å²) in [5, 5.41) is 9.65. The van der Waals surface area contributed by atoms with Gasteiger partial charge in [-0.3, -0.25) is 4.79 Å². The molecule has 0 heterocycles. The molecule has 0 saturated heterocycles. The first-order valence-electron chi connectivity index (χ1n) is 5.55. The Labute approximate surface area is 109 Å². The van der Waals surface area contributed by atoms with Crippen molar-refractivity contribution in [1.29, 1.82) is 0 Å². The normalized spacial score (nSPS) is 9.78.